The van der Waals surface area contributed by atoms with Gasteiger partial charge in [-0.05, 0) is 43.4 Å². The van der Waals surface area contributed by atoms with Crippen LogP contribution < -0.4 is 0 Å². The first-order chi connectivity index (χ1) is 9.36. The molecular formula is C13H11BrO3S3. The fourth-order valence-corrected chi connectivity index (χ4v) is 5.24. The summed E-state index contributed by atoms with van der Waals surface area (Å²) in [6, 6.07) is 8.21. The van der Waals surface area contributed by atoms with Crippen LogP contribution in [0.2, 0.25) is 0 Å². The smallest absolute Gasteiger partial charge is 0.207 e. The molecule has 0 aliphatic heterocycles. The molecule has 1 aromatic carbocycles. The summed E-state index contributed by atoms with van der Waals surface area (Å²) in [5.41, 5.74) is 0. The molecule has 0 atom stereocenters. The lowest BCUT2D eigenvalue weighted by atomic mass is 10.4. The first-order valence-electron chi connectivity index (χ1n) is 5.55. The zero-order chi connectivity index (χ0) is 14.9. The average molecular weight is 391 g/mol. The molecule has 3 nitrogen and oxygen atoms in total. The van der Waals surface area contributed by atoms with Crippen LogP contribution in [-0.4, -0.2) is 20.6 Å². The molecule has 1 heterocycles. The summed E-state index contributed by atoms with van der Waals surface area (Å²) in [5, 5.41) is 0.300. The monoisotopic (exact) mass is 390 g/mol. The second kappa shape index (κ2) is 5.93. The van der Waals surface area contributed by atoms with Gasteiger partial charge in [0, 0.05) is 9.35 Å². The molecule has 0 saturated heterocycles. The Bertz CT molecular complexity index is 763. The van der Waals surface area contributed by atoms with Crippen LogP contribution in [-0.2, 0) is 14.6 Å². The maximum Gasteiger partial charge on any atom is 0.207 e. The minimum atomic E-state index is -3.55. The van der Waals surface area contributed by atoms with Crippen LogP contribution >= 0.6 is 39.5 Å². The van der Waals surface area contributed by atoms with E-state index in [4.69, 9.17) is 17.0 Å². The van der Waals surface area contributed by atoms with E-state index in [1.54, 1.807) is 37.3 Å². The van der Waals surface area contributed by atoms with E-state index in [1.807, 2.05) is 0 Å². The lowest BCUT2D eigenvalue weighted by molar-refractivity contribution is 0.417. The van der Waals surface area contributed by atoms with Crippen molar-refractivity contribution in [1.82, 2.24) is 0 Å². The number of halogens is 1. The number of methoxy groups -OCH3 is 1. The number of hydrogen-bond acceptors (Lipinski definition) is 5. The highest BCUT2D eigenvalue weighted by Gasteiger charge is 2.23. The number of hydrogen-bond donors (Lipinski definition) is 0. The molecule has 0 unspecified atom stereocenters. The van der Waals surface area contributed by atoms with E-state index in [1.165, 1.54) is 18.4 Å². The third-order valence-corrected chi connectivity index (χ3v) is 6.72. The molecule has 0 amide bonds. The van der Waals surface area contributed by atoms with E-state index in [2.05, 4.69) is 15.9 Å². The normalized spacial score (nSPS) is 11.3. The fourth-order valence-electron chi connectivity index (χ4n) is 1.69. The number of rotatable bonds is 3. The Morgan fingerprint density at radius 3 is 2.65 bits per heavy atom. The zero-order valence-corrected chi connectivity index (χ0v) is 14.7. The van der Waals surface area contributed by atoms with Gasteiger partial charge in [-0.1, -0.05) is 22.0 Å². The standard InChI is InChI=1S/C13H11BrO3S3/c1-8-12(7-11(19-8)13(18)17-2)20(15,16)10-5-3-4-9(14)6-10/h3-7H,1-2H3. The molecule has 2 rings (SSSR count). The Labute approximate surface area is 135 Å². The molecule has 20 heavy (non-hydrogen) atoms. The molecule has 0 radical (unpaired) electrons. The lowest BCUT2D eigenvalue weighted by Gasteiger charge is -2.04. The third-order valence-electron chi connectivity index (χ3n) is 2.65. The van der Waals surface area contributed by atoms with Gasteiger partial charge < -0.3 is 4.74 Å². The summed E-state index contributed by atoms with van der Waals surface area (Å²) in [5.74, 6) is 0. The summed E-state index contributed by atoms with van der Waals surface area (Å²) >= 11 is 9.64. The van der Waals surface area contributed by atoms with Crippen LogP contribution in [0.15, 0.2) is 44.6 Å². The van der Waals surface area contributed by atoms with Gasteiger partial charge in [-0.3, -0.25) is 0 Å². The largest absolute Gasteiger partial charge is 0.486 e. The maximum atomic E-state index is 12.6. The Morgan fingerprint density at radius 2 is 2.05 bits per heavy atom. The van der Waals surface area contributed by atoms with Crippen LogP contribution in [0.1, 0.15) is 9.75 Å². The Balaban J connectivity index is 2.55. The summed E-state index contributed by atoms with van der Waals surface area (Å²) in [7, 11) is -2.08. The van der Waals surface area contributed by atoms with E-state index < -0.39 is 9.84 Å². The summed E-state index contributed by atoms with van der Waals surface area (Å²) in [4.78, 5) is 1.87. The van der Waals surface area contributed by atoms with E-state index in [0.717, 1.165) is 4.47 Å². The van der Waals surface area contributed by atoms with Crippen molar-refractivity contribution in [1.29, 1.82) is 0 Å². The molecule has 0 bridgehead atoms. The van der Waals surface area contributed by atoms with Crippen molar-refractivity contribution < 1.29 is 13.2 Å². The number of sulfone groups is 1. The van der Waals surface area contributed by atoms with Gasteiger partial charge in [0.2, 0.25) is 14.9 Å². The molecule has 7 heteroatoms. The molecule has 106 valence electrons. The molecule has 1 aromatic heterocycles. The van der Waals surface area contributed by atoms with Crippen LogP contribution in [0.3, 0.4) is 0 Å². The minimum Gasteiger partial charge on any atom is -0.486 e. The van der Waals surface area contributed by atoms with Gasteiger partial charge in [0.05, 0.1) is 21.8 Å². The molecule has 0 N–H and O–H groups in total. The van der Waals surface area contributed by atoms with Crippen LogP contribution in [0, 0.1) is 6.92 Å². The highest BCUT2D eigenvalue weighted by Crippen LogP contribution is 2.31. The van der Waals surface area contributed by atoms with Crippen LogP contribution in [0.4, 0.5) is 0 Å². The quantitative estimate of drug-likeness (QED) is 0.743. The van der Waals surface area contributed by atoms with E-state index >= 15 is 0 Å². The first-order valence-corrected chi connectivity index (χ1v) is 9.05. The van der Waals surface area contributed by atoms with Crippen molar-refractivity contribution in [2.24, 2.45) is 0 Å². The van der Waals surface area contributed by atoms with Gasteiger partial charge in [-0.15, -0.1) is 11.3 Å². The highest BCUT2D eigenvalue weighted by atomic mass is 79.9. The van der Waals surface area contributed by atoms with Crippen molar-refractivity contribution in [3.8, 4) is 0 Å². The molecule has 0 aliphatic rings. The summed E-state index contributed by atoms with van der Waals surface area (Å²) in [6.07, 6.45) is 0. The minimum absolute atomic E-state index is 0.252. The Morgan fingerprint density at radius 1 is 1.35 bits per heavy atom. The second-order valence-corrected chi connectivity index (χ2v) is 8.44. The molecule has 0 spiro atoms. The molecular weight excluding hydrogens is 380 g/mol. The molecule has 0 aliphatic carbocycles. The van der Waals surface area contributed by atoms with Gasteiger partial charge in [0.25, 0.3) is 0 Å². The predicted octanol–water partition coefficient (Wildman–Crippen LogP) is 3.97. The summed E-state index contributed by atoms with van der Waals surface area (Å²) < 4.78 is 31.0. The lowest BCUT2D eigenvalue weighted by Crippen LogP contribution is -2.02. The second-order valence-electron chi connectivity index (χ2n) is 3.98. The van der Waals surface area contributed by atoms with Gasteiger partial charge in [-0.25, -0.2) is 8.42 Å². The number of ether oxygens (including phenoxy) is 1. The van der Waals surface area contributed by atoms with Gasteiger partial charge in [-0.2, -0.15) is 0 Å². The molecule has 2 aromatic rings. The first kappa shape index (κ1) is 15.6. The van der Waals surface area contributed by atoms with Crippen molar-refractivity contribution in [2.75, 3.05) is 7.11 Å². The van der Waals surface area contributed by atoms with Crippen molar-refractivity contribution >= 4 is 54.4 Å². The summed E-state index contributed by atoms with van der Waals surface area (Å²) in [6.45, 7) is 1.76. The van der Waals surface area contributed by atoms with Gasteiger partial charge in [0.15, 0.2) is 0 Å². The SMILES string of the molecule is COC(=S)c1cc(S(=O)(=O)c2cccc(Br)c2)c(C)s1. The molecule has 0 saturated carbocycles. The topological polar surface area (TPSA) is 43.4 Å². The van der Waals surface area contributed by atoms with Crippen LogP contribution in [0.25, 0.3) is 0 Å². The number of aryl methyl sites for hydroxylation is 1. The third kappa shape index (κ3) is 2.95. The average Bonchev–Trinajstić information content (AvgIpc) is 2.80. The molecule has 0 fully saturated rings. The Hall–Kier alpha value is -0.760. The van der Waals surface area contributed by atoms with Gasteiger partial charge in [0.1, 0.15) is 0 Å². The number of thiocarbonyl (C=S) groups is 1. The Kier molecular flexibility index (Phi) is 4.63. The number of thiophene rings is 1. The van der Waals surface area contributed by atoms with Crippen molar-refractivity contribution in [3.05, 3.63) is 44.6 Å². The van der Waals surface area contributed by atoms with Gasteiger partial charge >= 0.3 is 0 Å². The maximum absolute atomic E-state index is 12.6. The predicted molar refractivity (Wildman–Crippen MR) is 87.4 cm³/mol. The van der Waals surface area contributed by atoms with E-state index in [0.29, 0.717) is 14.8 Å². The zero-order valence-electron chi connectivity index (χ0n) is 10.7. The van der Waals surface area contributed by atoms with Crippen LogP contribution in [0.5, 0.6) is 0 Å². The van der Waals surface area contributed by atoms with Crippen molar-refractivity contribution in [2.45, 2.75) is 16.7 Å². The fraction of sp³-hybridized carbons (Fsp3) is 0.154. The van der Waals surface area contributed by atoms with E-state index in [-0.39, 0.29) is 9.79 Å². The highest BCUT2D eigenvalue weighted by molar-refractivity contribution is 9.10. The van der Waals surface area contributed by atoms with E-state index in [9.17, 15) is 8.42 Å². The number of benzene rings is 1. The van der Waals surface area contributed by atoms with Crippen molar-refractivity contribution in [3.63, 3.8) is 0 Å².